The van der Waals surface area contributed by atoms with Crippen molar-refractivity contribution in [3.05, 3.63) is 35.9 Å². The van der Waals surface area contributed by atoms with Crippen LogP contribution in [0.4, 0.5) is 0 Å². The quantitative estimate of drug-likeness (QED) is 0.815. The molecule has 4 nitrogen and oxygen atoms in total. The number of hydrogen-bond donors (Lipinski definition) is 1. The highest BCUT2D eigenvalue weighted by Crippen LogP contribution is 2.18. The Hall–Kier alpha value is -0.723. The summed E-state index contributed by atoms with van der Waals surface area (Å²) in [5.41, 5.74) is 1.47. The average molecular weight is 255 g/mol. The first-order valence-electron chi connectivity index (χ1n) is 5.65. The fraction of sp³-hybridized carbons (Fsp3) is 0.500. The molecule has 0 atom stereocenters. The minimum atomic E-state index is -1.67. The average Bonchev–Trinajstić information content (AvgIpc) is 2.31. The maximum atomic E-state index is 4.74. The van der Waals surface area contributed by atoms with Crippen LogP contribution in [0, 0.1) is 0 Å². The molecule has 1 saturated heterocycles. The molecule has 0 aromatic heterocycles. The lowest BCUT2D eigenvalue weighted by Crippen LogP contribution is -2.39. The van der Waals surface area contributed by atoms with E-state index in [9.17, 15) is 0 Å². The summed E-state index contributed by atoms with van der Waals surface area (Å²) in [6, 6.07) is 10.7. The smallest absolute Gasteiger partial charge is 0.379 e. The summed E-state index contributed by atoms with van der Waals surface area (Å²) < 4.78 is 14.2. The first-order chi connectivity index (χ1) is 8.31. The number of rotatable bonds is 4. The maximum Gasteiger partial charge on any atom is 0.483 e. The maximum absolute atomic E-state index is 4.74. The monoisotopic (exact) mass is 255 g/mol. The van der Waals surface area contributed by atoms with Crippen molar-refractivity contribution in [2.45, 2.75) is 5.92 Å². The SMILES string of the molecule is CO[SiH](OC)OC.c1ccc(C2CNC2)cc1. The van der Waals surface area contributed by atoms with Crippen molar-refractivity contribution >= 4 is 9.53 Å². The van der Waals surface area contributed by atoms with Crippen LogP contribution in [0.2, 0.25) is 0 Å². The molecular weight excluding hydrogens is 234 g/mol. The molecule has 0 unspecified atom stereocenters. The van der Waals surface area contributed by atoms with Crippen LogP contribution in [-0.4, -0.2) is 43.9 Å². The van der Waals surface area contributed by atoms with E-state index in [2.05, 4.69) is 35.6 Å². The minimum absolute atomic E-state index is 0.779. The molecule has 0 radical (unpaired) electrons. The molecule has 0 amide bonds. The molecule has 17 heavy (non-hydrogen) atoms. The zero-order valence-electron chi connectivity index (χ0n) is 10.7. The molecule has 1 fully saturated rings. The Bertz CT molecular complexity index is 284. The van der Waals surface area contributed by atoms with E-state index in [1.54, 1.807) is 21.3 Å². The predicted molar refractivity (Wildman–Crippen MR) is 70.2 cm³/mol. The van der Waals surface area contributed by atoms with E-state index in [0.29, 0.717) is 0 Å². The normalized spacial score (nSPS) is 15.1. The molecule has 0 saturated carbocycles. The van der Waals surface area contributed by atoms with E-state index in [4.69, 9.17) is 13.3 Å². The van der Waals surface area contributed by atoms with Gasteiger partial charge in [-0.05, 0) is 5.56 Å². The van der Waals surface area contributed by atoms with E-state index in [0.717, 1.165) is 19.0 Å². The van der Waals surface area contributed by atoms with E-state index in [-0.39, 0.29) is 0 Å². The molecule has 1 aliphatic heterocycles. The number of nitrogens with one attached hydrogen (secondary N) is 1. The summed E-state index contributed by atoms with van der Waals surface area (Å²) in [5.74, 6) is 0.779. The Labute approximate surface area is 105 Å². The van der Waals surface area contributed by atoms with Gasteiger partial charge in [0.15, 0.2) is 0 Å². The third kappa shape index (κ3) is 4.97. The van der Waals surface area contributed by atoms with Gasteiger partial charge in [0.2, 0.25) is 0 Å². The summed E-state index contributed by atoms with van der Waals surface area (Å²) in [5, 5.41) is 3.26. The fourth-order valence-electron chi connectivity index (χ4n) is 1.54. The van der Waals surface area contributed by atoms with Gasteiger partial charge in [-0.1, -0.05) is 30.3 Å². The van der Waals surface area contributed by atoms with Crippen molar-refractivity contribution in [3.8, 4) is 0 Å². The molecule has 1 aromatic rings. The topological polar surface area (TPSA) is 39.7 Å². The number of hydrogen-bond acceptors (Lipinski definition) is 4. The molecule has 0 aliphatic carbocycles. The highest BCUT2D eigenvalue weighted by Gasteiger charge is 2.17. The highest BCUT2D eigenvalue weighted by molar-refractivity contribution is 6.36. The van der Waals surface area contributed by atoms with Gasteiger partial charge >= 0.3 is 9.53 Å². The summed E-state index contributed by atoms with van der Waals surface area (Å²) in [4.78, 5) is 0. The van der Waals surface area contributed by atoms with Crippen LogP contribution in [-0.2, 0) is 13.3 Å². The molecule has 1 heterocycles. The van der Waals surface area contributed by atoms with Crippen molar-refractivity contribution in [2.24, 2.45) is 0 Å². The molecule has 5 heteroatoms. The molecule has 1 N–H and O–H groups in total. The largest absolute Gasteiger partial charge is 0.483 e. The van der Waals surface area contributed by atoms with Crippen LogP contribution in [0.15, 0.2) is 30.3 Å². The van der Waals surface area contributed by atoms with Gasteiger partial charge in [0, 0.05) is 40.3 Å². The second-order valence-electron chi connectivity index (χ2n) is 3.76. The fourth-order valence-corrected chi connectivity index (χ4v) is 2.12. The number of benzene rings is 1. The first-order valence-corrected chi connectivity index (χ1v) is 7.07. The minimum Gasteiger partial charge on any atom is -0.379 e. The summed E-state index contributed by atoms with van der Waals surface area (Å²) in [6.07, 6.45) is 0. The predicted octanol–water partition coefficient (Wildman–Crippen LogP) is 1.02. The second-order valence-corrected chi connectivity index (χ2v) is 5.75. The van der Waals surface area contributed by atoms with Crippen LogP contribution in [0.25, 0.3) is 0 Å². The molecule has 0 bridgehead atoms. The van der Waals surface area contributed by atoms with Crippen molar-refractivity contribution < 1.29 is 13.3 Å². The van der Waals surface area contributed by atoms with Crippen LogP contribution in [0.1, 0.15) is 11.5 Å². The van der Waals surface area contributed by atoms with Gasteiger partial charge in [0.05, 0.1) is 0 Å². The van der Waals surface area contributed by atoms with Crippen LogP contribution >= 0.6 is 0 Å². The Balaban J connectivity index is 0.000000185. The van der Waals surface area contributed by atoms with Crippen LogP contribution in [0.3, 0.4) is 0 Å². The van der Waals surface area contributed by atoms with Gasteiger partial charge in [0.25, 0.3) is 0 Å². The molecule has 2 rings (SSSR count). The second kappa shape index (κ2) is 8.38. The molecule has 1 aliphatic rings. The van der Waals surface area contributed by atoms with Crippen molar-refractivity contribution in [1.82, 2.24) is 5.32 Å². The van der Waals surface area contributed by atoms with Crippen LogP contribution in [0.5, 0.6) is 0 Å². The van der Waals surface area contributed by atoms with E-state index in [1.165, 1.54) is 5.56 Å². The van der Waals surface area contributed by atoms with Gasteiger partial charge in [-0.25, -0.2) is 0 Å². The highest BCUT2D eigenvalue weighted by atomic mass is 28.3. The lowest BCUT2D eigenvalue weighted by atomic mass is 9.94. The van der Waals surface area contributed by atoms with Crippen molar-refractivity contribution in [1.29, 1.82) is 0 Å². The Morgan fingerprint density at radius 2 is 1.53 bits per heavy atom. The van der Waals surface area contributed by atoms with E-state index in [1.807, 2.05) is 0 Å². The lowest BCUT2D eigenvalue weighted by Gasteiger charge is -2.27. The third-order valence-electron chi connectivity index (χ3n) is 2.63. The molecule has 96 valence electrons. The molecular formula is C12H21NO3Si. The molecule has 0 spiro atoms. The Morgan fingerprint density at radius 3 is 1.82 bits per heavy atom. The zero-order chi connectivity index (χ0) is 12.5. The third-order valence-corrected chi connectivity index (χ3v) is 3.78. The summed E-state index contributed by atoms with van der Waals surface area (Å²) in [6.45, 7) is 2.31. The van der Waals surface area contributed by atoms with E-state index < -0.39 is 9.53 Å². The van der Waals surface area contributed by atoms with E-state index >= 15 is 0 Å². The van der Waals surface area contributed by atoms with Crippen molar-refractivity contribution in [3.63, 3.8) is 0 Å². The van der Waals surface area contributed by atoms with Crippen molar-refractivity contribution in [2.75, 3.05) is 34.4 Å². The summed E-state index contributed by atoms with van der Waals surface area (Å²) in [7, 11) is 3.05. The zero-order valence-corrected chi connectivity index (χ0v) is 11.8. The Morgan fingerprint density at radius 1 is 1.00 bits per heavy atom. The van der Waals surface area contributed by atoms with Gasteiger partial charge in [0.1, 0.15) is 0 Å². The van der Waals surface area contributed by atoms with Gasteiger partial charge in [-0.3, -0.25) is 0 Å². The Kier molecular flexibility index (Phi) is 7.07. The standard InChI is InChI=1S/C9H11N.C3H10O3Si/c1-2-4-8(5-3-1)9-6-10-7-9;1-4-7(5-2)6-3/h1-5,9-10H,6-7H2;7H,1-3H3. The summed E-state index contributed by atoms with van der Waals surface area (Å²) >= 11 is 0. The first kappa shape index (κ1) is 14.3. The van der Waals surface area contributed by atoms with Gasteiger partial charge in [-0.15, -0.1) is 0 Å². The van der Waals surface area contributed by atoms with Gasteiger partial charge in [-0.2, -0.15) is 0 Å². The molecule has 1 aromatic carbocycles. The van der Waals surface area contributed by atoms with Crippen LogP contribution < -0.4 is 5.32 Å². The van der Waals surface area contributed by atoms with Gasteiger partial charge < -0.3 is 18.6 Å². The lowest BCUT2D eigenvalue weighted by molar-refractivity contribution is 0.163.